The summed E-state index contributed by atoms with van der Waals surface area (Å²) in [5, 5.41) is 3.40. The first-order chi connectivity index (χ1) is 14.3. The number of likely N-dealkylation sites (N-methyl/N-ethyl adjacent to an activating group) is 1. The van der Waals surface area contributed by atoms with E-state index in [4.69, 9.17) is 0 Å². The van der Waals surface area contributed by atoms with Crippen LogP contribution in [0.1, 0.15) is 62.7 Å². The summed E-state index contributed by atoms with van der Waals surface area (Å²) in [5.41, 5.74) is 1.01. The molecule has 4 nitrogen and oxygen atoms in total. The lowest BCUT2D eigenvalue weighted by Gasteiger charge is -2.60. The average molecular weight is 407 g/mol. The van der Waals surface area contributed by atoms with Crippen molar-refractivity contribution in [3.05, 3.63) is 48.0 Å². The number of benzene rings is 1. The highest BCUT2D eigenvalue weighted by Gasteiger charge is 2.60. The summed E-state index contributed by atoms with van der Waals surface area (Å²) in [6.07, 6.45) is 11.0. The number of hydrogen-bond donors (Lipinski definition) is 1. The predicted octanol–water partition coefficient (Wildman–Crippen LogP) is 4.42. The van der Waals surface area contributed by atoms with Crippen molar-refractivity contribution in [2.75, 3.05) is 7.05 Å². The Morgan fingerprint density at radius 1 is 1.03 bits per heavy atom. The molecule has 5 rings (SSSR count). The molecule has 7 atom stereocenters. The van der Waals surface area contributed by atoms with Crippen LogP contribution < -0.4 is 5.32 Å². The summed E-state index contributed by atoms with van der Waals surface area (Å²) in [6, 6.07) is 10.2. The number of carbonyl (C=O) groups is 2. The highest BCUT2D eigenvalue weighted by atomic mass is 16.2. The van der Waals surface area contributed by atoms with Gasteiger partial charge >= 0.3 is 0 Å². The number of nitrogens with zero attached hydrogens (tertiary/aromatic N) is 1. The Morgan fingerprint density at radius 2 is 1.80 bits per heavy atom. The van der Waals surface area contributed by atoms with Gasteiger partial charge in [0.25, 0.3) is 5.91 Å². The van der Waals surface area contributed by atoms with E-state index in [1.165, 1.54) is 19.3 Å². The second-order valence-corrected chi connectivity index (χ2v) is 10.6. The first-order valence-electron chi connectivity index (χ1n) is 11.7. The molecular formula is C26H34N2O2. The predicted molar refractivity (Wildman–Crippen MR) is 118 cm³/mol. The molecule has 1 aliphatic heterocycles. The third-order valence-electron chi connectivity index (χ3n) is 9.47. The largest absolute Gasteiger partial charge is 0.349 e. The van der Waals surface area contributed by atoms with Gasteiger partial charge in [0.15, 0.2) is 0 Å². The molecule has 4 aliphatic rings. The van der Waals surface area contributed by atoms with Crippen molar-refractivity contribution in [1.82, 2.24) is 10.2 Å². The van der Waals surface area contributed by atoms with Crippen LogP contribution in [0.15, 0.2) is 42.5 Å². The molecule has 0 bridgehead atoms. The minimum Gasteiger partial charge on any atom is -0.349 e. The van der Waals surface area contributed by atoms with Crippen LogP contribution in [-0.4, -0.2) is 35.8 Å². The van der Waals surface area contributed by atoms with Gasteiger partial charge in [-0.25, -0.2) is 0 Å². The zero-order valence-corrected chi connectivity index (χ0v) is 18.4. The zero-order chi connectivity index (χ0) is 21.1. The van der Waals surface area contributed by atoms with Gasteiger partial charge in [-0.3, -0.25) is 9.59 Å². The number of rotatable bonds is 2. The minimum atomic E-state index is 0.0654. The normalized spacial score (nSPS) is 42.3. The molecule has 0 radical (unpaired) electrons. The summed E-state index contributed by atoms with van der Waals surface area (Å²) in [6.45, 7) is 4.82. The Labute approximate surface area is 180 Å². The number of amides is 2. The Balaban J connectivity index is 1.37. The lowest BCUT2D eigenvalue weighted by atomic mass is 9.48. The van der Waals surface area contributed by atoms with Gasteiger partial charge in [-0.15, -0.1) is 0 Å². The third kappa shape index (κ3) is 2.79. The van der Waals surface area contributed by atoms with Gasteiger partial charge in [-0.1, -0.05) is 38.1 Å². The highest BCUT2D eigenvalue weighted by molar-refractivity contribution is 5.94. The summed E-state index contributed by atoms with van der Waals surface area (Å²) in [4.78, 5) is 27.1. The number of carbonyl (C=O) groups excluding carboxylic acids is 2. The lowest BCUT2D eigenvalue weighted by Crippen LogP contribution is -2.60. The molecule has 1 unspecified atom stereocenters. The van der Waals surface area contributed by atoms with Gasteiger partial charge in [0, 0.05) is 30.1 Å². The van der Waals surface area contributed by atoms with Gasteiger partial charge < -0.3 is 10.2 Å². The fraction of sp³-hybridized carbons (Fsp3) is 0.615. The van der Waals surface area contributed by atoms with Crippen molar-refractivity contribution in [2.24, 2.45) is 28.6 Å². The van der Waals surface area contributed by atoms with E-state index in [0.717, 1.165) is 24.8 Å². The molecule has 3 saturated carbocycles. The van der Waals surface area contributed by atoms with E-state index in [0.29, 0.717) is 23.8 Å². The van der Waals surface area contributed by atoms with E-state index in [2.05, 4.69) is 25.2 Å². The van der Waals surface area contributed by atoms with Gasteiger partial charge in [0.2, 0.25) is 5.91 Å². The zero-order valence-electron chi connectivity index (χ0n) is 18.4. The smallest absolute Gasteiger partial charge is 0.251 e. The summed E-state index contributed by atoms with van der Waals surface area (Å²) < 4.78 is 0. The standard InChI is InChI=1S/C26H34N2O2/c1-25-15-13-20-18(9-12-22-26(20,2)16-14-23(29)28(22)3)19(25)10-11-21(25)27-24(30)17-7-5-4-6-8-17/h4-8,14,16,18-22H,9-13,15H2,1-3H3,(H,27,30)/t18-,19-,20-,21?,22+,25-,26+/m0/s1. The Morgan fingerprint density at radius 3 is 2.57 bits per heavy atom. The molecule has 0 aromatic heterocycles. The number of hydrogen-bond acceptors (Lipinski definition) is 2. The molecule has 1 aromatic carbocycles. The van der Waals surface area contributed by atoms with Crippen LogP contribution in [0, 0.1) is 28.6 Å². The van der Waals surface area contributed by atoms with Crippen molar-refractivity contribution in [2.45, 2.75) is 64.5 Å². The molecule has 0 saturated heterocycles. The molecule has 1 N–H and O–H groups in total. The van der Waals surface area contributed by atoms with Crippen LogP contribution in [-0.2, 0) is 4.79 Å². The van der Waals surface area contributed by atoms with Crippen molar-refractivity contribution in [3.8, 4) is 0 Å². The molecule has 0 spiro atoms. The van der Waals surface area contributed by atoms with Crippen LogP contribution in [0.25, 0.3) is 0 Å². The molecule has 1 aromatic rings. The van der Waals surface area contributed by atoms with E-state index < -0.39 is 0 Å². The van der Waals surface area contributed by atoms with Crippen molar-refractivity contribution < 1.29 is 9.59 Å². The maximum atomic E-state index is 12.8. The second kappa shape index (κ2) is 6.96. The molecular weight excluding hydrogens is 372 g/mol. The minimum absolute atomic E-state index is 0.0654. The molecule has 2 amide bonds. The van der Waals surface area contributed by atoms with Gasteiger partial charge in [-0.2, -0.15) is 0 Å². The van der Waals surface area contributed by atoms with Gasteiger partial charge in [0.05, 0.1) is 0 Å². The van der Waals surface area contributed by atoms with Crippen LogP contribution in [0.3, 0.4) is 0 Å². The maximum absolute atomic E-state index is 12.8. The fourth-order valence-corrected chi connectivity index (χ4v) is 7.81. The van der Waals surface area contributed by atoms with Gasteiger partial charge in [0.1, 0.15) is 0 Å². The summed E-state index contributed by atoms with van der Waals surface area (Å²) in [7, 11) is 1.98. The Kier molecular flexibility index (Phi) is 4.61. The van der Waals surface area contributed by atoms with Crippen LogP contribution >= 0.6 is 0 Å². The topological polar surface area (TPSA) is 49.4 Å². The highest BCUT2D eigenvalue weighted by Crippen LogP contribution is 2.63. The quantitative estimate of drug-likeness (QED) is 0.790. The first-order valence-corrected chi connectivity index (χ1v) is 11.7. The Hall–Kier alpha value is -2.10. The maximum Gasteiger partial charge on any atom is 0.251 e. The SMILES string of the molecule is CN1C(=O)C=C[C@]2(C)[C@H]3CC[C@]4(C)C(NC(=O)c5ccccc5)CC[C@H]4[C@@H]3CC[C@@H]12. The van der Waals surface area contributed by atoms with E-state index in [1.54, 1.807) is 0 Å². The molecule has 1 heterocycles. The average Bonchev–Trinajstić information content (AvgIpc) is 3.08. The third-order valence-corrected chi connectivity index (χ3v) is 9.47. The molecule has 4 heteroatoms. The van der Waals surface area contributed by atoms with E-state index in [9.17, 15) is 9.59 Å². The van der Waals surface area contributed by atoms with E-state index in [1.807, 2.05) is 48.4 Å². The number of fused-ring (bicyclic) bond motifs is 5. The second-order valence-electron chi connectivity index (χ2n) is 10.6. The molecule has 160 valence electrons. The van der Waals surface area contributed by atoms with Gasteiger partial charge in [-0.05, 0) is 79.9 Å². The van der Waals surface area contributed by atoms with Crippen molar-refractivity contribution in [1.29, 1.82) is 0 Å². The van der Waals surface area contributed by atoms with Crippen LogP contribution in [0.2, 0.25) is 0 Å². The van der Waals surface area contributed by atoms with E-state index in [-0.39, 0.29) is 28.7 Å². The summed E-state index contributed by atoms with van der Waals surface area (Å²) in [5.74, 6) is 2.20. The van der Waals surface area contributed by atoms with E-state index >= 15 is 0 Å². The Bertz CT molecular complexity index is 880. The molecule has 30 heavy (non-hydrogen) atoms. The number of nitrogens with one attached hydrogen (secondary N) is 1. The fourth-order valence-electron chi connectivity index (χ4n) is 7.81. The summed E-state index contributed by atoms with van der Waals surface area (Å²) >= 11 is 0. The van der Waals surface area contributed by atoms with Crippen LogP contribution in [0.4, 0.5) is 0 Å². The van der Waals surface area contributed by atoms with Crippen molar-refractivity contribution in [3.63, 3.8) is 0 Å². The molecule has 3 aliphatic carbocycles. The van der Waals surface area contributed by atoms with Crippen LogP contribution in [0.5, 0.6) is 0 Å². The monoisotopic (exact) mass is 406 g/mol. The molecule has 3 fully saturated rings. The lowest BCUT2D eigenvalue weighted by molar-refractivity contribution is -0.138. The van der Waals surface area contributed by atoms with Crippen molar-refractivity contribution >= 4 is 11.8 Å². The first kappa shape index (κ1) is 19.8.